The molecule has 3 N–H and O–H groups in total. The molecule has 0 bridgehead atoms. The number of aliphatic hydroxyl groups excluding tert-OH is 1. The van der Waals surface area contributed by atoms with Crippen molar-refractivity contribution in [3.8, 4) is 0 Å². The Morgan fingerprint density at radius 3 is 2.58 bits per heavy atom. The number of nitrogens with two attached hydrogens (primary N) is 1. The van der Waals surface area contributed by atoms with E-state index in [1.54, 1.807) is 13.8 Å². The zero-order chi connectivity index (χ0) is 14.4. The Kier molecular flexibility index (Phi) is 3.91. The van der Waals surface area contributed by atoms with Gasteiger partial charge >= 0.3 is 0 Å². The van der Waals surface area contributed by atoms with E-state index in [0.29, 0.717) is 0 Å². The Bertz CT molecular complexity index is 437. The number of rotatable bonds is 4. The number of aliphatic hydroxyl groups is 1. The maximum absolute atomic E-state index is 11.3. The SMILES string of the molecule is CC1(C)O[C@H]2O[C@H]([C@H](O)CN)[C@H](OS(C)(=O)=O)[C@H]2O1. The van der Waals surface area contributed by atoms with Gasteiger partial charge in [0, 0.05) is 6.54 Å². The van der Waals surface area contributed by atoms with Crippen LogP contribution >= 0.6 is 0 Å². The Balaban J connectivity index is 2.21. The molecule has 8 nitrogen and oxygen atoms in total. The molecule has 0 aromatic carbocycles. The molecule has 0 aromatic rings. The van der Waals surface area contributed by atoms with Crippen LogP contribution in [0.4, 0.5) is 0 Å². The molecule has 5 atom stereocenters. The lowest BCUT2D eigenvalue weighted by atomic mass is 10.1. The van der Waals surface area contributed by atoms with Gasteiger partial charge in [-0.2, -0.15) is 8.42 Å². The first kappa shape index (κ1) is 15.1. The van der Waals surface area contributed by atoms with Crippen LogP contribution in [-0.2, 0) is 28.5 Å². The fraction of sp³-hybridized carbons (Fsp3) is 1.00. The third kappa shape index (κ3) is 3.24. The van der Waals surface area contributed by atoms with Crippen LogP contribution in [0, 0.1) is 0 Å². The number of ether oxygens (including phenoxy) is 3. The minimum atomic E-state index is -3.73. The summed E-state index contributed by atoms with van der Waals surface area (Å²) in [6, 6.07) is 0. The van der Waals surface area contributed by atoms with Gasteiger partial charge in [-0.3, -0.25) is 4.18 Å². The molecule has 0 unspecified atom stereocenters. The highest BCUT2D eigenvalue weighted by atomic mass is 32.2. The van der Waals surface area contributed by atoms with Gasteiger partial charge in [0.05, 0.1) is 12.4 Å². The predicted molar refractivity (Wildman–Crippen MR) is 63.5 cm³/mol. The molecular formula is C10H19NO7S. The van der Waals surface area contributed by atoms with Gasteiger partial charge in [0.15, 0.2) is 12.1 Å². The topological polar surface area (TPSA) is 117 Å². The normalized spacial score (nSPS) is 39.2. The van der Waals surface area contributed by atoms with Crippen molar-refractivity contribution in [1.82, 2.24) is 0 Å². The fourth-order valence-corrected chi connectivity index (χ4v) is 2.88. The van der Waals surface area contributed by atoms with Gasteiger partial charge in [-0.05, 0) is 13.8 Å². The maximum Gasteiger partial charge on any atom is 0.264 e. The van der Waals surface area contributed by atoms with Crippen molar-refractivity contribution in [2.75, 3.05) is 12.8 Å². The molecule has 0 amide bonds. The van der Waals surface area contributed by atoms with Crippen molar-refractivity contribution in [3.63, 3.8) is 0 Å². The summed E-state index contributed by atoms with van der Waals surface area (Å²) in [5.74, 6) is -0.896. The first-order chi connectivity index (χ1) is 8.63. The van der Waals surface area contributed by atoms with Crippen molar-refractivity contribution in [1.29, 1.82) is 0 Å². The van der Waals surface area contributed by atoms with Gasteiger partial charge < -0.3 is 25.1 Å². The van der Waals surface area contributed by atoms with E-state index in [1.807, 2.05) is 0 Å². The Labute approximate surface area is 111 Å². The fourth-order valence-electron chi connectivity index (χ4n) is 2.26. The van der Waals surface area contributed by atoms with E-state index in [-0.39, 0.29) is 6.54 Å². The second kappa shape index (κ2) is 4.92. The average molecular weight is 297 g/mol. The van der Waals surface area contributed by atoms with E-state index in [4.69, 9.17) is 24.1 Å². The van der Waals surface area contributed by atoms with E-state index in [9.17, 15) is 13.5 Å². The zero-order valence-electron chi connectivity index (χ0n) is 11.0. The smallest absolute Gasteiger partial charge is 0.264 e. The van der Waals surface area contributed by atoms with Crippen LogP contribution in [0.15, 0.2) is 0 Å². The molecule has 2 aliphatic rings. The molecule has 2 heterocycles. The molecule has 2 aliphatic heterocycles. The van der Waals surface area contributed by atoms with Crippen LogP contribution in [-0.4, -0.2) is 62.8 Å². The van der Waals surface area contributed by atoms with Crippen LogP contribution in [0.2, 0.25) is 0 Å². The first-order valence-corrected chi connectivity index (χ1v) is 7.72. The standard InChI is InChI=1S/C10H19NO7S/c1-10(2)16-8-7(18-19(3,13)14)6(5(12)4-11)15-9(8)17-10/h5-9,12H,4,11H2,1-3H3/t5-,6-,7+,8-,9-/m1/s1. The second-order valence-electron chi connectivity index (χ2n) is 5.14. The van der Waals surface area contributed by atoms with Crippen LogP contribution in [0.5, 0.6) is 0 Å². The number of hydrogen-bond acceptors (Lipinski definition) is 8. The molecular weight excluding hydrogens is 278 g/mol. The summed E-state index contributed by atoms with van der Waals surface area (Å²) < 4.78 is 44.1. The Morgan fingerprint density at radius 2 is 2.05 bits per heavy atom. The predicted octanol–water partition coefficient (Wildman–Crippen LogP) is -1.47. The van der Waals surface area contributed by atoms with Gasteiger partial charge in [-0.1, -0.05) is 0 Å². The molecule has 0 spiro atoms. The van der Waals surface area contributed by atoms with Gasteiger partial charge in [-0.15, -0.1) is 0 Å². The van der Waals surface area contributed by atoms with Gasteiger partial charge in [0.2, 0.25) is 0 Å². The Morgan fingerprint density at radius 1 is 1.42 bits per heavy atom. The molecule has 19 heavy (non-hydrogen) atoms. The van der Waals surface area contributed by atoms with Crippen molar-refractivity contribution in [2.24, 2.45) is 5.73 Å². The van der Waals surface area contributed by atoms with Crippen molar-refractivity contribution >= 4 is 10.1 Å². The summed E-state index contributed by atoms with van der Waals surface area (Å²) in [5.41, 5.74) is 5.36. The van der Waals surface area contributed by atoms with Crippen LogP contribution < -0.4 is 5.73 Å². The number of hydrogen-bond donors (Lipinski definition) is 2. The lowest BCUT2D eigenvalue weighted by Gasteiger charge is -2.27. The van der Waals surface area contributed by atoms with E-state index in [2.05, 4.69) is 0 Å². The van der Waals surface area contributed by atoms with Gasteiger partial charge in [0.1, 0.15) is 18.3 Å². The molecule has 0 aromatic heterocycles. The van der Waals surface area contributed by atoms with Gasteiger partial charge in [0.25, 0.3) is 10.1 Å². The third-order valence-electron chi connectivity index (χ3n) is 2.93. The van der Waals surface area contributed by atoms with Crippen LogP contribution in [0.1, 0.15) is 13.8 Å². The van der Waals surface area contributed by atoms with Crippen LogP contribution in [0.3, 0.4) is 0 Å². The lowest BCUT2D eigenvalue weighted by Crippen LogP contribution is -2.46. The van der Waals surface area contributed by atoms with E-state index < -0.39 is 46.6 Å². The zero-order valence-corrected chi connectivity index (χ0v) is 11.8. The maximum atomic E-state index is 11.3. The largest absolute Gasteiger partial charge is 0.389 e. The second-order valence-corrected chi connectivity index (χ2v) is 6.74. The summed E-state index contributed by atoms with van der Waals surface area (Å²) in [6.07, 6.45) is -3.55. The molecule has 0 saturated carbocycles. The summed E-state index contributed by atoms with van der Waals surface area (Å²) in [4.78, 5) is 0. The van der Waals surface area contributed by atoms with Crippen molar-refractivity contribution in [3.05, 3.63) is 0 Å². The summed E-state index contributed by atoms with van der Waals surface area (Å²) >= 11 is 0. The quantitative estimate of drug-likeness (QED) is 0.604. The van der Waals surface area contributed by atoms with Crippen molar-refractivity contribution in [2.45, 2.75) is 50.3 Å². The monoisotopic (exact) mass is 297 g/mol. The summed E-state index contributed by atoms with van der Waals surface area (Å²) in [6.45, 7) is 3.28. The van der Waals surface area contributed by atoms with E-state index in [0.717, 1.165) is 6.26 Å². The highest BCUT2D eigenvalue weighted by Gasteiger charge is 2.57. The molecule has 0 radical (unpaired) electrons. The highest BCUT2D eigenvalue weighted by Crippen LogP contribution is 2.39. The lowest BCUT2D eigenvalue weighted by molar-refractivity contribution is -0.222. The molecule has 0 aliphatic carbocycles. The summed E-state index contributed by atoms with van der Waals surface area (Å²) in [5, 5.41) is 9.77. The van der Waals surface area contributed by atoms with Crippen molar-refractivity contribution < 1.29 is 31.9 Å². The minimum absolute atomic E-state index is 0.0862. The molecule has 2 saturated heterocycles. The van der Waals surface area contributed by atoms with E-state index in [1.165, 1.54) is 0 Å². The Hall–Kier alpha value is -0.290. The highest BCUT2D eigenvalue weighted by molar-refractivity contribution is 7.86. The molecule has 112 valence electrons. The molecule has 9 heteroatoms. The third-order valence-corrected chi connectivity index (χ3v) is 3.51. The summed E-state index contributed by atoms with van der Waals surface area (Å²) in [7, 11) is -3.73. The molecule has 2 fully saturated rings. The minimum Gasteiger partial charge on any atom is -0.389 e. The number of fused-ring (bicyclic) bond motifs is 1. The van der Waals surface area contributed by atoms with Gasteiger partial charge in [-0.25, -0.2) is 0 Å². The van der Waals surface area contributed by atoms with E-state index >= 15 is 0 Å². The first-order valence-electron chi connectivity index (χ1n) is 5.90. The average Bonchev–Trinajstić information content (AvgIpc) is 2.70. The molecule has 2 rings (SSSR count). The van der Waals surface area contributed by atoms with Crippen LogP contribution in [0.25, 0.3) is 0 Å².